The lowest BCUT2D eigenvalue weighted by Crippen LogP contribution is -2.21. The van der Waals surface area contributed by atoms with Crippen LogP contribution in [-0.2, 0) is 20.1 Å². The number of aryl methyl sites for hydroxylation is 3. The van der Waals surface area contributed by atoms with Crippen molar-refractivity contribution in [3.05, 3.63) is 46.6 Å². The SMILES string of the molecule is CNCc1c(C)nn(C)c1N(C)Cc1ccc(C)cc1. The van der Waals surface area contributed by atoms with Crippen molar-refractivity contribution in [2.45, 2.75) is 26.9 Å². The van der Waals surface area contributed by atoms with Crippen LogP contribution in [0.2, 0.25) is 0 Å². The lowest BCUT2D eigenvalue weighted by molar-refractivity contribution is 0.723. The van der Waals surface area contributed by atoms with Crippen molar-refractivity contribution in [3.63, 3.8) is 0 Å². The Kier molecular flexibility index (Phi) is 4.45. The summed E-state index contributed by atoms with van der Waals surface area (Å²) in [7, 11) is 6.10. The lowest BCUT2D eigenvalue weighted by Gasteiger charge is -2.21. The zero-order chi connectivity index (χ0) is 14.7. The summed E-state index contributed by atoms with van der Waals surface area (Å²) in [6, 6.07) is 8.69. The van der Waals surface area contributed by atoms with Crippen LogP contribution in [0, 0.1) is 13.8 Å². The Labute approximate surface area is 121 Å². The molecule has 0 aliphatic carbocycles. The molecule has 0 aliphatic rings. The maximum Gasteiger partial charge on any atom is 0.131 e. The van der Waals surface area contributed by atoms with Crippen molar-refractivity contribution in [1.29, 1.82) is 0 Å². The molecule has 0 fully saturated rings. The minimum atomic E-state index is 0.841. The summed E-state index contributed by atoms with van der Waals surface area (Å²) in [5.41, 5.74) is 4.97. The molecule has 2 aromatic rings. The fourth-order valence-corrected chi connectivity index (χ4v) is 2.59. The van der Waals surface area contributed by atoms with Gasteiger partial charge in [0.2, 0.25) is 0 Å². The van der Waals surface area contributed by atoms with Gasteiger partial charge in [-0.15, -0.1) is 0 Å². The van der Waals surface area contributed by atoms with E-state index in [9.17, 15) is 0 Å². The molecule has 0 atom stereocenters. The molecule has 2 rings (SSSR count). The Morgan fingerprint density at radius 3 is 2.45 bits per heavy atom. The Morgan fingerprint density at radius 1 is 1.20 bits per heavy atom. The molecule has 20 heavy (non-hydrogen) atoms. The van der Waals surface area contributed by atoms with Gasteiger partial charge in [0.25, 0.3) is 0 Å². The molecule has 1 aromatic heterocycles. The standard InChI is InChI=1S/C16H24N4/c1-12-6-8-14(9-7-12)11-19(4)16-15(10-17-3)13(2)18-20(16)5/h6-9,17H,10-11H2,1-5H3. The van der Waals surface area contributed by atoms with E-state index in [1.807, 2.05) is 18.8 Å². The summed E-state index contributed by atoms with van der Waals surface area (Å²) >= 11 is 0. The van der Waals surface area contributed by atoms with Gasteiger partial charge in [-0.3, -0.25) is 4.68 Å². The van der Waals surface area contributed by atoms with Gasteiger partial charge in [-0.2, -0.15) is 5.10 Å². The minimum absolute atomic E-state index is 0.841. The van der Waals surface area contributed by atoms with E-state index in [1.54, 1.807) is 0 Å². The average Bonchev–Trinajstić information content (AvgIpc) is 2.68. The van der Waals surface area contributed by atoms with Gasteiger partial charge >= 0.3 is 0 Å². The summed E-state index contributed by atoms with van der Waals surface area (Å²) < 4.78 is 1.97. The summed E-state index contributed by atoms with van der Waals surface area (Å²) in [5.74, 6) is 1.18. The number of nitrogens with one attached hydrogen (secondary N) is 1. The molecule has 0 aliphatic heterocycles. The van der Waals surface area contributed by atoms with Gasteiger partial charge in [-0.05, 0) is 26.5 Å². The number of benzene rings is 1. The highest BCUT2D eigenvalue weighted by molar-refractivity contribution is 5.50. The molecule has 0 amide bonds. The molecule has 1 N–H and O–H groups in total. The Balaban J connectivity index is 2.24. The van der Waals surface area contributed by atoms with Crippen LogP contribution in [-0.4, -0.2) is 23.9 Å². The van der Waals surface area contributed by atoms with Crippen LogP contribution in [0.3, 0.4) is 0 Å². The second kappa shape index (κ2) is 6.09. The van der Waals surface area contributed by atoms with Crippen molar-refractivity contribution < 1.29 is 0 Å². The summed E-state index contributed by atoms with van der Waals surface area (Å²) in [6.07, 6.45) is 0. The molecule has 4 heteroatoms. The van der Waals surface area contributed by atoms with Crippen LogP contribution in [0.15, 0.2) is 24.3 Å². The first-order valence-corrected chi connectivity index (χ1v) is 6.96. The molecule has 0 spiro atoms. The number of rotatable bonds is 5. The number of hydrogen-bond acceptors (Lipinski definition) is 3. The Morgan fingerprint density at radius 2 is 1.85 bits per heavy atom. The number of anilines is 1. The number of aromatic nitrogens is 2. The zero-order valence-electron chi connectivity index (χ0n) is 13.1. The highest BCUT2D eigenvalue weighted by Crippen LogP contribution is 2.23. The maximum atomic E-state index is 4.54. The zero-order valence-corrected chi connectivity index (χ0v) is 13.1. The molecule has 0 radical (unpaired) electrons. The van der Waals surface area contributed by atoms with Gasteiger partial charge in [0.05, 0.1) is 5.69 Å². The van der Waals surface area contributed by atoms with E-state index >= 15 is 0 Å². The normalized spacial score (nSPS) is 10.8. The molecule has 0 bridgehead atoms. The topological polar surface area (TPSA) is 33.1 Å². The molecular weight excluding hydrogens is 248 g/mol. The lowest BCUT2D eigenvalue weighted by atomic mass is 10.1. The van der Waals surface area contributed by atoms with Gasteiger partial charge in [0, 0.05) is 32.7 Å². The van der Waals surface area contributed by atoms with Gasteiger partial charge in [-0.1, -0.05) is 29.8 Å². The van der Waals surface area contributed by atoms with E-state index in [1.165, 1.54) is 22.5 Å². The Bertz CT molecular complexity index is 569. The van der Waals surface area contributed by atoms with E-state index in [4.69, 9.17) is 0 Å². The number of nitrogens with zero attached hydrogens (tertiary/aromatic N) is 3. The fraction of sp³-hybridized carbons (Fsp3) is 0.438. The van der Waals surface area contributed by atoms with E-state index in [2.05, 4.69) is 60.5 Å². The van der Waals surface area contributed by atoms with E-state index < -0.39 is 0 Å². The summed E-state index contributed by atoms with van der Waals surface area (Å²) in [6.45, 7) is 5.90. The van der Waals surface area contributed by atoms with Crippen LogP contribution < -0.4 is 10.2 Å². The van der Waals surface area contributed by atoms with Crippen molar-refractivity contribution in [2.75, 3.05) is 19.0 Å². The van der Waals surface area contributed by atoms with Crippen molar-refractivity contribution in [1.82, 2.24) is 15.1 Å². The third-order valence-corrected chi connectivity index (χ3v) is 3.57. The van der Waals surface area contributed by atoms with Gasteiger partial charge < -0.3 is 10.2 Å². The summed E-state index contributed by atoms with van der Waals surface area (Å²) in [5, 5.41) is 7.77. The molecule has 0 saturated heterocycles. The first-order chi connectivity index (χ1) is 9.52. The molecule has 0 unspecified atom stereocenters. The van der Waals surface area contributed by atoms with E-state index in [0.29, 0.717) is 0 Å². The highest BCUT2D eigenvalue weighted by Gasteiger charge is 2.16. The van der Waals surface area contributed by atoms with Crippen molar-refractivity contribution in [3.8, 4) is 0 Å². The van der Waals surface area contributed by atoms with E-state index in [-0.39, 0.29) is 0 Å². The van der Waals surface area contributed by atoms with Crippen molar-refractivity contribution >= 4 is 5.82 Å². The first-order valence-electron chi connectivity index (χ1n) is 6.96. The molecule has 0 saturated carbocycles. The minimum Gasteiger partial charge on any atom is -0.355 e. The van der Waals surface area contributed by atoms with Gasteiger partial charge in [-0.25, -0.2) is 0 Å². The third kappa shape index (κ3) is 3.02. The molecule has 1 heterocycles. The molecule has 4 nitrogen and oxygen atoms in total. The fourth-order valence-electron chi connectivity index (χ4n) is 2.59. The van der Waals surface area contributed by atoms with Crippen LogP contribution in [0.5, 0.6) is 0 Å². The van der Waals surface area contributed by atoms with Gasteiger partial charge in [0.15, 0.2) is 0 Å². The largest absolute Gasteiger partial charge is 0.355 e. The van der Waals surface area contributed by atoms with Crippen molar-refractivity contribution in [2.24, 2.45) is 7.05 Å². The van der Waals surface area contributed by atoms with Crippen LogP contribution in [0.25, 0.3) is 0 Å². The molecule has 108 valence electrons. The van der Waals surface area contributed by atoms with Gasteiger partial charge in [0.1, 0.15) is 5.82 Å². The smallest absolute Gasteiger partial charge is 0.131 e. The second-order valence-electron chi connectivity index (χ2n) is 5.38. The first kappa shape index (κ1) is 14.6. The van der Waals surface area contributed by atoms with Crippen LogP contribution in [0.1, 0.15) is 22.4 Å². The predicted octanol–water partition coefficient (Wildman–Crippen LogP) is 2.39. The summed E-state index contributed by atoms with van der Waals surface area (Å²) in [4.78, 5) is 2.26. The number of hydrogen-bond donors (Lipinski definition) is 1. The predicted molar refractivity (Wildman–Crippen MR) is 84.0 cm³/mol. The van der Waals surface area contributed by atoms with Crippen LogP contribution in [0.4, 0.5) is 5.82 Å². The Hall–Kier alpha value is -1.81. The molecular formula is C16H24N4. The highest BCUT2D eigenvalue weighted by atomic mass is 15.4. The molecule has 1 aromatic carbocycles. The maximum absolute atomic E-state index is 4.54. The quantitative estimate of drug-likeness (QED) is 0.907. The second-order valence-corrected chi connectivity index (χ2v) is 5.38. The van der Waals surface area contributed by atoms with E-state index in [0.717, 1.165) is 18.8 Å². The average molecular weight is 272 g/mol. The third-order valence-electron chi connectivity index (χ3n) is 3.57. The monoisotopic (exact) mass is 272 g/mol. The van der Waals surface area contributed by atoms with Crippen LogP contribution >= 0.6 is 0 Å².